The highest BCUT2D eigenvalue weighted by Crippen LogP contribution is 2.31. The second kappa shape index (κ2) is 17.2. The molecular formula is C40H40N6O2. The van der Waals surface area contributed by atoms with Gasteiger partial charge in [0.05, 0.1) is 34.1 Å². The van der Waals surface area contributed by atoms with Gasteiger partial charge in [-0.1, -0.05) is 63.1 Å². The molecule has 0 aliphatic heterocycles. The van der Waals surface area contributed by atoms with Gasteiger partial charge in [-0.3, -0.25) is 9.98 Å². The van der Waals surface area contributed by atoms with Gasteiger partial charge in [-0.15, -0.1) is 0 Å². The minimum absolute atomic E-state index is 0.0716. The third kappa shape index (κ3) is 9.87. The summed E-state index contributed by atoms with van der Waals surface area (Å²) in [4.78, 5) is 9.20. The van der Waals surface area contributed by atoms with E-state index in [-0.39, 0.29) is 11.5 Å². The third-order valence-corrected chi connectivity index (χ3v) is 7.66. The number of hydrogen-bond acceptors (Lipinski definition) is 8. The molecule has 0 aromatic heterocycles. The number of unbranched alkanes of at least 4 members (excludes halogenated alkanes) is 2. The molecule has 0 amide bonds. The third-order valence-electron chi connectivity index (χ3n) is 7.66. The highest BCUT2D eigenvalue weighted by atomic mass is 16.3. The van der Waals surface area contributed by atoms with Gasteiger partial charge >= 0.3 is 0 Å². The SMILES string of the molecule is CCCCc1ccc(N=Nc2ccc(O)c(C=Nc3ccccc3N=Cc3cc(N=Nc4ccc(CCCC)cc4)ccc3O)c2)cc1. The van der Waals surface area contributed by atoms with Crippen LogP contribution in [0.4, 0.5) is 34.1 Å². The number of hydrogen-bond donors (Lipinski definition) is 2. The number of phenols is 2. The van der Waals surface area contributed by atoms with E-state index in [9.17, 15) is 10.2 Å². The van der Waals surface area contributed by atoms with Crippen LogP contribution in [-0.2, 0) is 12.8 Å². The summed E-state index contributed by atoms with van der Waals surface area (Å²) < 4.78 is 0. The summed E-state index contributed by atoms with van der Waals surface area (Å²) >= 11 is 0. The predicted octanol–water partition coefficient (Wildman–Crippen LogP) is 12.1. The van der Waals surface area contributed by atoms with Crippen molar-refractivity contribution in [3.05, 3.63) is 131 Å². The molecule has 0 radical (unpaired) electrons. The molecule has 48 heavy (non-hydrogen) atoms. The lowest BCUT2D eigenvalue weighted by Crippen LogP contribution is -1.84. The van der Waals surface area contributed by atoms with E-state index in [2.05, 4.69) is 68.6 Å². The van der Waals surface area contributed by atoms with E-state index < -0.39 is 0 Å². The van der Waals surface area contributed by atoms with E-state index >= 15 is 0 Å². The molecule has 0 aliphatic carbocycles. The average Bonchev–Trinajstić information content (AvgIpc) is 3.12. The van der Waals surface area contributed by atoms with Crippen LogP contribution in [0.3, 0.4) is 0 Å². The summed E-state index contributed by atoms with van der Waals surface area (Å²) in [6, 6.07) is 33.5. The molecule has 5 aromatic rings. The van der Waals surface area contributed by atoms with Crippen LogP contribution < -0.4 is 0 Å². The van der Waals surface area contributed by atoms with E-state index in [1.807, 2.05) is 48.5 Å². The standard InChI is InChI=1S/C40H40N6O2/c1-3-5-9-29-13-17-33(18-14-29)43-45-35-21-23-39(47)31(25-35)27-41-37-11-7-8-12-38(37)42-28-32-26-36(22-24-40(32)48)46-44-34-19-15-30(16-20-34)10-6-4-2/h7-8,11-28,47-48H,3-6,9-10H2,1-2H3. The maximum Gasteiger partial charge on any atom is 0.124 e. The number of rotatable bonds is 14. The van der Waals surface area contributed by atoms with Crippen LogP contribution in [0, 0.1) is 0 Å². The van der Waals surface area contributed by atoms with Crippen molar-refractivity contribution < 1.29 is 10.2 Å². The van der Waals surface area contributed by atoms with Crippen LogP contribution in [0.15, 0.2) is 140 Å². The maximum atomic E-state index is 10.5. The minimum atomic E-state index is 0.0716. The van der Waals surface area contributed by atoms with Gasteiger partial charge in [0.25, 0.3) is 0 Å². The highest BCUT2D eigenvalue weighted by molar-refractivity contribution is 5.90. The number of azo groups is 2. The Morgan fingerprint density at radius 1 is 0.479 bits per heavy atom. The van der Waals surface area contributed by atoms with E-state index in [0.29, 0.717) is 33.9 Å². The van der Waals surface area contributed by atoms with Gasteiger partial charge in [-0.25, -0.2) is 0 Å². The number of phenolic OH excluding ortho intramolecular Hbond substituents is 2. The number of nitrogens with zero attached hydrogens (tertiary/aromatic N) is 6. The fraction of sp³-hybridized carbons (Fsp3) is 0.200. The van der Waals surface area contributed by atoms with Crippen molar-refractivity contribution in [3.63, 3.8) is 0 Å². The van der Waals surface area contributed by atoms with Crippen molar-refractivity contribution in [2.45, 2.75) is 52.4 Å². The zero-order valence-corrected chi connectivity index (χ0v) is 27.4. The molecule has 8 heteroatoms. The van der Waals surface area contributed by atoms with Crippen molar-refractivity contribution in [2.75, 3.05) is 0 Å². The summed E-state index contributed by atoms with van der Waals surface area (Å²) in [6.45, 7) is 4.37. The van der Waals surface area contributed by atoms with Gasteiger partial charge in [0.1, 0.15) is 11.5 Å². The van der Waals surface area contributed by atoms with Crippen LogP contribution in [0.1, 0.15) is 61.8 Å². The Labute approximate surface area is 282 Å². The Bertz CT molecular complexity index is 1770. The van der Waals surface area contributed by atoms with Crippen molar-refractivity contribution >= 4 is 46.6 Å². The number of benzene rings is 5. The summed E-state index contributed by atoms with van der Waals surface area (Å²) in [6.07, 6.45) is 9.90. The number of para-hydroxylation sites is 2. The first-order chi connectivity index (χ1) is 23.5. The van der Waals surface area contributed by atoms with Crippen molar-refractivity contribution in [1.82, 2.24) is 0 Å². The second-order valence-corrected chi connectivity index (χ2v) is 11.4. The first-order valence-electron chi connectivity index (χ1n) is 16.4. The van der Waals surface area contributed by atoms with E-state index in [1.165, 1.54) is 11.1 Å². The molecule has 0 aliphatic rings. The van der Waals surface area contributed by atoms with E-state index in [1.54, 1.807) is 48.8 Å². The first-order valence-corrected chi connectivity index (χ1v) is 16.4. The molecule has 5 aromatic carbocycles. The van der Waals surface area contributed by atoms with Gasteiger partial charge < -0.3 is 10.2 Å². The molecule has 0 heterocycles. The summed E-state index contributed by atoms with van der Waals surface area (Å²) in [5, 5.41) is 38.4. The zero-order valence-electron chi connectivity index (χ0n) is 27.4. The maximum absolute atomic E-state index is 10.5. The summed E-state index contributed by atoms with van der Waals surface area (Å²) in [7, 11) is 0. The van der Waals surface area contributed by atoms with Gasteiger partial charge in [-0.05, 0) is 110 Å². The van der Waals surface area contributed by atoms with Gasteiger partial charge in [0, 0.05) is 23.6 Å². The van der Waals surface area contributed by atoms with Crippen molar-refractivity contribution in [1.29, 1.82) is 0 Å². The van der Waals surface area contributed by atoms with Crippen molar-refractivity contribution in [2.24, 2.45) is 30.4 Å². The Morgan fingerprint density at radius 2 is 0.854 bits per heavy atom. The van der Waals surface area contributed by atoms with Crippen LogP contribution in [0.2, 0.25) is 0 Å². The lowest BCUT2D eigenvalue weighted by molar-refractivity contribution is 0.474. The zero-order chi connectivity index (χ0) is 33.6. The highest BCUT2D eigenvalue weighted by Gasteiger charge is 2.05. The average molecular weight is 637 g/mol. The van der Waals surface area contributed by atoms with Crippen molar-refractivity contribution in [3.8, 4) is 11.5 Å². The number of aryl methyl sites for hydroxylation is 2. The quantitative estimate of drug-likeness (QED) is 0.0932. The van der Waals surface area contributed by atoms with E-state index in [4.69, 9.17) is 0 Å². The second-order valence-electron chi connectivity index (χ2n) is 11.4. The molecule has 0 saturated carbocycles. The smallest absolute Gasteiger partial charge is 0.124 e. The molecule has 0 bridgehead atoms. The Morgan fingerprint density at radius 3 is 1.25 bits per heavy atom. The van der Waals surface area contributed by atoms with Gasteiger partial charge in [0.2, 0.25) is 0 Å². The fourth-order valence-electron chi connectivity index (χ4n) is 4.83. The molecule has 0 fully saturated rings. The van der Waals surface area contributed by atoms with Crippen LogP contribution in [0.25, 0.3) is 0 Å². The summed E-state index contributed by atoms with van der Waals surface area (Å²) in [5.41, 5.74) is 7.43. The van der Waals surface area contributed by atoms with Gasteiger partial charge in [0.15, 0.2) is 0 Å². The summed E-state index contributed by atoms with van der Waals surface area (Å²) in [5.74, 6) is 0.143. The molecular weight excluding hydrogens is 596 g/mol. The Balaban J connectivity index is 1.28. The molecule has 0 unspecified atom stereocenters. The largest absolute Gasteiger partial charge is 0.507 e. The predicted molar refractivity (Wildman–Crippen MR) is 196 cm³/mol. The molecule has 0 saturated heterocycles. The first kappa shape index (κ1) is 33.6. The lowest BCUT2D eigenvalue weighted by atomic mass is 10.1. The Hall–Kier alpha value is -5.76. The van der Waals surface area contributed by atoms with Crippen LogP contribution in [-0.4, -0.2) is 22.6 Å². The normalized spacial score (nSPS) is 11.9. The molecule has 5 rings (SSSR count). The molecule has 2 N–H and O–H groups in total. The van der Waals surface area contributed by atoms with Crippen LogP contribution in [0.5, 0.6) is 11.5 Å². The van der Waals surface area contributed by atoms with Crippen LogP contribution >= 0.6 is 0 Å². The number of aromatic hydroxyl groups is 2. The molecule has 0 atom stereocenters. The fourth-order valence-corrected chi connectivity index (χ4v) is 4.83. The monoisotopic (exact) mass is 636 g/mol. The number of aliphatic imine (C=N–C) groups is 2. The topological polar surface area (TPSA) is 115 Å². The Kier molecular flexibility index (Phi) is 12.1. The minimum Gasteiger partial charge on any atom is -0.507 e. The van der Waals surface area contributed by atoms with E-state index in [0.717, 1.165) is 49.9 Å². The molecule has 242 valence electrons. The van der Waals surface area contributed by atoms with Gasteiger partial charge in [-0.2, -0.15) is 20.5 Å². The molecule has 8 nitrogen and oxygen atoms in total. The lowest BCUT2D eigenvalue weighted by Gasteiger charge is -2.03. The molecule has 0 spiro atoms.